The van der Waals surface area contributed by atoms with Gasteiger partial charge >= 0.3 is 0 Å². The summed E-state index contributed by atoms with van der Waals surface area (Å²) in [5.41, 5.74) is 0.849. The Kier molecular flexibility index (Phi) is 5.28. The number of piperidine rings is 1. The maximum absolute atomic E-state index is 13.2. The molecule has 1 aliphatic heterocycles. The van der Waals surface area contributed by atoms with Crippen molar-refractivity contribution in [3.63, 3.8) is 0 Å². The van der Waals surface area contributed by atoms with Crippen molar-refractivity contribution < 1.29 is 8.78 Å². The first-order valence-electron chi connectivity index (χ1n) is 7.09. The highest BCUT2D eigenvalue weighted by molar-refractivity contribution is 5.17. The van der Waals surface area contributed by atoms with Crippen LogP contribution in [-0.4, -0.2) is 30.6 Å². The zero-order chi connectivity index (χ0) is 13.7. The van der Waals surface area contributed by atoms with Crippen molar-refractivity contribution in [2.24, 2.45) is 0 Å². The summed E-state index contributed by atoms with van der Waals surface area (Å²) in [5, 5.41) is 3.38. The van der Waals surface area contributed by atoms with E-state index >= 15 is 0 Å². The third kappa shape index (κ3) is 3.98. The quantitative estimate of drug-likeness (QED) is 0.883. The van der Waals surface area contributed by atoms with Crippen LogP contribution in [0.1, 0.15) is 31.7 Å². The van der Waals surface area contributed by atoms with Crippen LogP contribution >= 0.6 is 0 Å². The molecule has 106 valence electrons. The number of halogens is 2. The van der Waals surface area contributed by atoms with Gasteiger partial charge in [-0.15, -0.1) is 0 Å². The molecule has 2 rings (SSSR count). The van der Waals surface area contributed by atoms with E-state index in [1.807, 2.05) is 0 Å². The molecule has 1 aliphatic rings. The van der Waals surface area contributed by atoms with Crippen LogP contribution in [-0.2, 0) is 6.54 Å². The molecule has 1 saturated heterocycles. The molecular formula is C15H22F2N2. The molecule has 1 atom stereocenters. The highest BCUT2D eigenvalue weighted by atomic mass is 19.2. The lowest BCUT2D eigenvalue weighted by Gasteiger charge is -2.36. The van der Waals surface area contributed by atoms with Crippen LogP contribution in [0.15, 0.2) is 18.2 Å². The Morgan fingerprint density at radius 3 is 2.84 bits per heavy atom. The van der Waals surface area contributed by atoms with Crippen molar-refractivity contribution in [2.45, 2.75) is 38.8 Å². The van der Waals surface area contributed by atoms with Crippen LogP contribution in [0.5, 0.6) is 0 Å². The molecule has 19 heavy (non-hydrogen) atoms. The number of benzene rings is 1. The predicted molar refractivity (Wildman–Crippen MR) is 73.0 cm³/mol. The van der Waals surface area contributed by atoms with Crippen molar-refractivity contribution >= 4 is 0 Å². The van der Waals surface area contributed by atoms with E-state index in [-0.39, 0.29) is 0 Å². The van der Waals surface area contributed by atoms with Crippen LogP contribution in [0.25, 0.3) is 0 Å². The number of likely N-dealkylation sites (tertiary alicyclic amines) is 1. The van der Waals surface area contributed by atoms with Crippen molar-refractivity contribution in [3.05, 3.63) is 35.4 Å². The smallest absolute Gasteiger partial charge is 0.159 e. The van der Waals surface area contributed by atoms with Gasteiger partial charge in [0.05, 0.1) is 0 Å². The van der Waals surface area contributed by atoms with E-state index in [4.69, 9.17) is 0 Å². The molecule has 1 N–H and O–H groups in total. The standard InChI is InChI=1S/C15H22F2N2/c1-2-18-10-13-5-3-4-8-19(13)11-12-6-7-14(16)15(17)9-12/h6-7,9,13,18H,2-5,8,10-11H2,1H3. The molecule has 2 nitrogen and oxygen atoms in total. The topological polar surface area (TPSA) is 15.3 Å². The van der Waals surface area contributed by atoms with Crippen molar-refractivity contribution in [3.8, 4) is 0 Å². The second-order valence-corrected chi connectivity index (χ2v) is 5.18. The Labute approximate surface area is 113 Å². The first kappa shape index (κ1) is 14.4. The predicted octanol–water partition coefficient (Wildman–Crippen LogP) is 2.93. The van der Waals surface area contributed by atoms with E-state index in [2.05, 4.69) is 17.1 Å². The van der Waals surface area contributed by atoms with Gasteiger partial charge in [0, 0.05) is 19.1 Å². The summed E-state index contributed by atoms with van der Waals surface area (Å²) < 4.78 is 26.1. The van der Waals surface area contributed by atoms with E-state index in [0.29, 0.717) is 12.6 Å². The van der Waals surface area contributed by atoms with Crippen LogP contribution in [0.2, 0.25) is 0 Å². The lowest BCUT2D eigenvalue weighted by atomic mass is 10.0. The summed E-state index contributed by atoms with van der Waals surface area (Å²) in [5.74, 6) is -1.52. The highest BCUT2D eigenvalue weighted by Gasteiger charge is 2.22. The number of rotatable bonds is 5. The molecule has 0 saturated carbocycles. The van der Waals surface area contributed by atoms with Crippen molar-refractivity contribution in [1.29, 1.82) is 0 Å². The summed E-state index contributed by atoms with van der Waals surface area (Å²) in [6.07, 6.45) is 3.62. The summed E-state index contributed by atoms with van der Waals surface area (Å²) in [6.45, 7) is 5.78. The molecule has 1 aromatic carbocycles. The van der Waals surface area contributed by atoms with Crippen LogP contribution < -0.4 is 5.32 Å². The zero-order valence-corrected chi connectivity index (χ0v) is 11.5. The van der Waals surface area contributed by atoms with Gasteiger partial charge in [0.15, 0.2) is 11.6 Å². The monoisotopic (exact) mass is 268 g/mol. The van der Waals surface area contributed by atoms with E-state index < -0.39 is 11.6 Å². The van der Waals surface area contributed by atoms with Gasteiger partial charge in [0.2, 0.25) is 0 Å². The molecule has 1 heterocycles. The molecule has 0 aliphatic carbocycles. The molecule has 0 spiro atoms. The number of hydrogen-bond acceptors (Lipinski definition) is 2. The lowest BCUT2D eigenvalue weighted by molar-refractivity contribution is 0.138. The van der Waals surface area contributed by atoms with Gasteiger partial charge in [0.25, 0.3) is 0 Å². The van der Waals surface area contributed by atoms with Gasteiger partial charge in [-0.05, 0) is 43.6 Å². The molecular weight excluding hydrogens is 246 g/mol. The molecule has 0 amide bonds. The number of nitrogens with one attached hydrogen (secondary N) is 1. The maximum Gasteiger partial charge on any atom is 0.159 e. The third-order valence-electron chi connectivity index (χ3n) is 3.75. The molecule has 4 heteroatoms. The summed E-state index contributed by atoms with van der Waals surface area (Å²) in [6, 6.07) is 4.71. The zero-order valence-electron chi connectivity index (χ0n) is 11.5. The average molecular weight is 268 g/mol. The van der Waals surface area contributed by atoms with Gasteiger partial charge in [-0.2, -0.15) is 0 Å². The van der Waals surface area contributed by atoms with E-state index in [9.17, 15) is 8.78 Å². The van der Waals surface area contributed by atoms with Gasteiger partial charge in [-0.1, -0.05) is 19.4 Å². The van der Waals surface area contributed by atoms with Crippen molar-refractivity contribution in [2.75, 3.05) is 19.6 Å². The fraction of sp³-hybridized carbons (Fsp3) is 0.600. The average Bonchev–Trinajstić information content (AvgIpc) is 2.42. The Morgan fingerprint density at radius 1 is 1.26 bits per heavy atom. The Hall–Kier alpha value is -1.00. The minimum atomic E-state index is -0.772. The van der Waals surface area contributed by atoms with Gasteiger partial charge in [-0.3, -0.25) is 4.90 Å². The Balaban J connectivity index is 1.99. The normalized spacial score (nSPS) is 20.7. The first-order valence-corrected chi connectivity index (χ1v) is 7.09. The molecule has 1 fully saturated rings. The van der Waals surface area contributed by atoms with E-state index in [0.717, 1.165) is 25.2 Å². The van der Waals surface area contributed by atoms with Crippen molar-refractivity contribution in [1.82, 2.24) is 10.2 Å². The van der Waals surface area contributed by atoms with Gasteiger partial charge in [-0.25, -0.2) is 8.78 Å². The second-order valence-electron chi connectivity index (χ2n) is 5.18. The van der Waals surface area contributed by atoms with E-state index in [1.54, 1.807) is 6.07 Å². The molecule has 1 aromatic rings. The molecule has 0 bridgehead atoms. The molecule has 0 radical (unpaired) electrons. The first-order chi connectivity index (χ1) is 9.20. The number of nitrogens with zero attached hydrogens (tertiary/aromatic N) is 1. The lowest BCUT2D eigenvalue weighted by Crippen LogP contribution is -2.44. The van der Waals surface area contributed by atoms with E-state index in [1.165, 1.54) is 31.4 Å². The fourth-order valence-corrected chi connectivity index (χ4v) is 2.68. The van der Waals surface area contributed by atoms with Crippen LogP contribution in [0.3, 0.4) is 0 Å². The number of likely N-dealkylation sites (N-methyl/N-ethyl adjacent to an activating group) is 1. The van der Waals surface area contributed by atoms with Crippen LogP contribution in [0, 0.1) is 11.6 Å². The maximum atomic E-state index is 13.2. The summed E-state index contributed by atoms with van der Waals surface area (Å²) >= 11 is 0. The third-order valence-corrected chi connectivity index (χ3v) is 3.75. The highest BCUT2D eigenvalue weighted by Crippen LogP contribution is 2.20. The molecule has 1 unspecified atom stereocenters. The fourth-order valence-electron chi connectivity index (χ4n) is 2.68. The molecule has 0 aromatic heterocycles. The SMILES string of the molecule is CCNCC1CCCCN1Cc1ccc(F)c(F)c1. The summed E-state index contributed by atoms with van der Waals surface area (Å²) in [7, 11) is 0. The second kappa shape index (κ2) is 6.96. The minimum Gasteiger partial charge on any atom is -0.315 e. The van der Waals surface area contributed by atoms with Gasteiger partial charge < -0.3 is 5.32 Å². The number of hydrogen-bond donors (Lipinski definition) is 1. The minimum absolute atomic E-state index is 0.502. The Morgan fingerprint density at radius 2 is 2.11 bits per heavy atom. The Bertz CT molecular complexity index is 409. The summed E-state index contributed by atoms with van der Waals surface area (Å²) in [4.78, 5) is 2.37. The largest absolute Gasteiger partial charge is 0.315 e. The van der Waals surface area contributed by atoms with Crippen LogP contribution in [0.4, 0.5) is 8.78 Å². The van der Waals surface area contributed by atoms with Gasteiger partial charge in [0.1, 0.15) is 0 Å².